The van der Waals surface area contributed by atoms with Gasteiger partial charge in [-0.1, -0.05) is 18.9 Å². The number of non-ortho nitro benzene ring substituents is 1. The van der Waals surface area contributed by atoms with Crippen LogP contribution in [0.3, 0.4) is 0 Å². The van der Waals surface area contributed by atoms with Crippen LogP contribution in [-0.4, -0.2) is 64.9 Å². The molecule has 1 aliphatic carbocycles. The van der Waals surface area contributed by atoms with Crippen LogP contribution in [0.2, 0.25) is 0 Å². The molecule has 1 saturated heterocycles. The molecule has 1 amide bonds. The molecule has 0 radical (unpaired) electrons. The van der Waals surface area contributed by atoms with Gasteiger partial charge in [0.05, 0.1) is 15.4 Å². The van der Waals surface area contributed by atoms with E-state index in [4.69, 9.17) is 0 Å². The molecule has 0 N–H and O–H groups in total. The second-order valence-corrected chi connectivity index (χ2v) is 11.5. The number of sulfonamides is 1. The Kier molecular flexibility index (Phi) is 7.01. The maximum absolute atomic E-state index is 13.2. The summed E-state index contributed by atoms with van der Waals surface area (Å²) in [6.07, 6.45) is 6.35. The van der Waals surface area contributed by atoms with Crippen molar-refractivity contribution in [1.82, 2.24) is 14.2 Å². The minimum Gasteiger partial charge on any atom is -0.336 e. The van der Waals surface area contributed by atoms with E-state index in [0.717, 1.165) is 23.9 Å². The quantitative estimate of drug-likeness (QED) is 0.450. The Morgan fingerprint density at radius 1 is 1.15 bits per heavy atom. The van der Waals surface area contributed by atoms with Gasteiger partial charge in [-0.05, 0) is 37.5 Å². The predicted molar refractivity (Wildman–Crippen MR) is 125 cm³/mol. The molecule has 1 aromatic heterocycles. The summed E-state index contributed by atoms with van der Waals surface area (Å²) >= 11 is 1.66. The molecular formula is C22H26N4O5S2. The van der Waals surface area contributed by atoms with Crippen molar-refractivity contribution in [3.63, 3.8) is 0 Å². The van der Waals surface area contributed by atoms with Crippen LogP contribution in [0, 0.1) is 17.0 Å². The summed E-state index contributed by atoms with van der Waals surface area (Å²) in [5, 5.41) is 12.3. The van der Waals surface area contributed by atoms with Gasteiger partial charge in [-0.2, -0.15) is 4.31 Å². The minimum atomic E-state index is -3.91. The maximum Gasteiger partial charge on any atom is 0.270 e. The summed E-state index contributed by atoms with van der Waals surface area (Å²) in [4.78, 5) is 29.7. The summed E-state index contributed by atoms with van der Waals surface area (Å²) in [5.74, 6) is -0.146. The summed E-state index contributed by atoms with van der Waals surface area (Å²) in [7, 11) is -3.91. The second-order valence-electron chi connectivity index (χ2n) is 8.28. The minimum absolute atomic E-state index is 0.0704. The van der Waals surface area contributed by atoms with Gasteiger partial charge in [0.15, 0.2) is 0 Å². The van der Waals surface area contributed by atoms with Gasteiger partial charge in [0, 0.05) is 49.8 Å². The molecule has 176 valence electrons. The Morgan fingerprint density at radius 2 is 1.85 bits per heavy atom. The average Bonchev–Trinajstić information content (AvgIpc) is 3.32. The third kappa shape index (κ3) is 5.04. The molecule has 2 heterocycles. The van der Waals surface area contributed by atoms with Gasteiger partial charge >= 0.3 is 0 Å². The van der Waals surface area contributed by atoms with Crippen LogP contribution in [0.1, 0.15) is 41.6 Å². The molecular weight excluding hydrogens is 464 g/mol. The average molecular weight is 491 g/mol. The topological polar surface area (TPSA) is 114 Å². The number of nitrogens with zero attached hydrogens (tertiary/aromatic N) is 4. The van der Waals surface area contributed by atoms with E-state index in [-0.39, 0.29) is 42.7 Å². The van der Waals surface area contributed by atoms with Gasteiger partial charge in [-0.25, -0.2) is 13.4 Å². The lowest BCUT2D eigenvalue weighted by Gasteiger charge is -2.34. The first-order valence-electron chi connectivity index (χ1n) is 10.9. The number of pyridine rings is 1. The number of amides is 1. The van der Waals surface area contributed by atoms with Crippen LogP contribution in [0.25, 0.3) is 0 Å². The van der Waals surface area contributed by atoms with Crippen molar-refractivity contribution in [2.24, 2.45) is 0 Å². The molecule has 1 aromatic carbocycles. The zero-order valence-corrected chi connectivity index (χ0v) is 20.0. The lowest BCUT2D eigenvalue weighted by Crippen LogP contribution is -2.50. The molecule has 4 rings (SSSR count). The van der Waals surface area contributed by atoms with Crippen LogP contribution in [0.4, 0.5) is 5.69 Å². The zero-order valence-electron chi connectivity index (χ0n) is 18.3. The highest BCUT2D eigenvalue weighted by Gasteiger charge is 2.33. The Morgan fingerprint density at radius 3 is 2.52 bits per heavy atom. The van der Waals surface area contributed by atoms with E-state index in [1.54, 1.807) is 41.9 Å². The Labute approximate surface area is 197 Å². The first-order chi connectivity index (χ1) is 15.8. The zero-order chi connectivity index (χ0) is 23.6. The van der Waals surface area contributed by atoms with Gasteiger partial charge < -0.3 is 4.90 Å². The highest BCUT2D eigenvalue weighted by atomic mass is 32.2. The predicted octanol–water partition coefficient (Wildman–Crippen LogP) is 3.48. The number of carbonyl (C=O) groups excluding carboxylic acids is 1. The highest BCUT2D eigenvalue weighted by molar-refractivity contribution is 8.00. The van der Waals surface area contributed by atoms with Crippen LogP contribution in [0.15, 0.2) is 46.5 Å². The van der Waals surface area contributed by atoms with Gasteiger partial charge in [0.25, 0.3) is 11.6 Å². The maximum atomic E-state index is 13.2. The van der Waals surface area contributed by atoms with Crippen molar-refractivity contribution in [3.8, 4) is 0 Å². The van der Waals surface area contributed by atoms with Gasteiger partial charge in [0.1, 0.15) is 5.03 Å². The lowest BCUT2D eigenvalue weighted by molar-refractivity contribution is -0.385. The largest absolute Gasteiger partial charge is 0.336 e. The number of nitro benzene ring substituents is 1. The van der Waals surface area contributed by atoms with Crippen LogP contribution in [0.5, 0.6) is 0 Å². The summed E-state index contributed by atoms with van der Waals surface area (Å²) in [6.45, 7) is 2.36. The first kappa shape index (κ1) is 23.7. The van der Waals surface area contributed by atoms with E-state index >= 15 is 0 Å². The number of aryl methyl sites for hydroxylation is 1. The summed E-state index contributed by atoms with van der Waals surface area (Å²) in [5.41, 5.74) is 0.736. The van der Waals surface area contributed by atoms with Crippen LogP contribution < -0.4 is 0 Å². The van der Waals surface area contributed by atoms with Crippen molar-refractivity contribution in [3.05, 3.63) is 57.8 Å². The molecule has 11 heteroatoms. The van der Waals surface area contributed by atoms with Crippen LogP contribution in [-0.2, 0) is 10.0 Å². The third-order valence-electron chi connectivity index (χ3n) is 6.11. The Balaban J connectivity index is 1.47. The van der Waals surface area contributed by atoms with E-state index in [1.807, 2.05) is 0 Å². The number of rotatable bonds is 6. The van der Waals surface area contributed by atoms with Gasteiger partial charge in [0.2, 0.25) is 10.0 Å². The number of aromatic nitrogens is 1. The van der Waals surface area contributed by atoms with Gasteiger partial charge in [-0.3, -0.25) is 14.9 Å². The number of benzene rings is 1. The lowest BCUT2D eigenvalue weighted by atomic mass is 10.2. The standard InChI is InChI=1S/C22H26N4O5S2/c1-16-8-9-17(26(28)29)15-20(16)33(30,31)25-13-11-24(12-14-25)22(27)19-7-4-10-23-21(19)32-18-5-2-3-6-18/h4,7-10,15,18H,2-3,5-6,11-14H2,1H3. The number of carbonyl (C=O) groups is 1. The summed E-state index contributed by atoms with van der Waals surface area (Å²) < 4.78 is 27.6. The number of thioether (sulfide) groups is 1. The van der Waals surface area contributed by atoms with Crippen molar-refractivity contribution in [2.45, 2.75) is 47.8 Å². The van der Waals surface area contributed by atoms with E-state index in [2.05, 4.69) is 4.98 Å². The molecule has 9 nitrogen and oxygen atoms in total. The smallest absolute Gasteiger partial charge is 0.270 e. The molecule has 0 atom stereocenters. The first-order valence-corrected chi connectivity index (χ1v) is 13.3. The molecule has 0 bridgehead atoms. The molecule has 33 heavy (non-hydrogen) atoms. The number of piperazine rings is 1. The van der Waals surface area contributed by atoms with E-state index < -0.39 is 14.9 Å². The molecule has 0 unspecified atom stereocenters. The molecule has 2 aromatic rings. The molecule has 2 fully saturated rings. The van der Waals surface area contributed by atoms with E-state index in [1.165, 1.54) is 29.3 Å². The molecule has 1 aliphatic heterocycles. The third-order valence-corrected chi connectivity index (χ3v) is 9.50. The number of nitro groups is 1. The summed E-state index contributed by atoms with van der Waals surface area (Å²) in [6, 6.07) is 7.36. The SMILES string of the molecule is Cc1ccc([N+](=O)[O-])cc1S(=O)(=O)N1CCN(C(=O)c2cccnc2SC2CCCC2)CC1. The van der Waals surface area contributed by atoms with E-state index in [0.29, 0.717) is 16.4 Å². The van der Waals surface area contributed by atoms with Crippen LogP contribution >= 0.6 is 11.8 Å². The van der Waals surface area contributed by atoms with Gasteiger partial charge in [-0.15, -0.1) is 11.8 Å². The normalized spacial score (nSPS) is 17.9. The molecule has 0 spiro atoms. The molecule has 1 saturated carbocycles. The fraction of sp³-hybridized carbons (Fsp3) is 0.455. The monoisotopic (exact) mass is 490 g/mol. The molecule has 2 aliphatic rings. The Bertz CT molecular complexity index is 1160. The van der Waals surface area contributed by atoms with Crippen molar-refractivity contribution in [1.29, 1.82) is 0 Å². The fourth-order valence-electron chi connectivity index (χ4n) is 4.23. The van der Waals surface area contributed by atoms with Crippen molar-refractivity contribution < 1.29 is 18.1 Å². The van der Waals surface area contributed by atoms with Crippen molar-refractivity contribution >= 4 is 33.4 Å². The second kappa shape index (κ2) is 9.78. The van der Waals surface area contributed by atoms with Crippen molar-refractivity contribution in [2.75, 3.05) is 26.2 Å². The Hall–Kier alpha value is -2.50. The number of hydrogen-bond acceptors (Lipinski definition) is 7. The number of hydrogen-bond donors (Lipinski definition) is 0. The fourth-order valence-corrected chi connectivity index (χ4v) is 7.19. The van der Waals surface area contributed by atoms with E-state index in [9.17, 15) is 23.3 Å². The highest BCUT2D eigenvalue weighted by Crippen LogP contribution is 2.35.